The summed E-state index contributed by atoms with van der Waals surface area (Å²) in [5.41, 5.74) is 7.50. The van der Waals surface area contributed by atoms with E-state index < -0.39 is 0 Å². The number of ether oxygens (including phenoxy) is 1. The molecule has 0 aliphatic carbocycles. The number of hydrogen-bond acceptors (Lipinski definition) is 3. The Kier molecular flexibility index (Phi) is 3.65. The van der Waals surface area contributed by atoms with E-state index in [1.807, 2.05) is 48.1 Å². The fraction of sp³-hybridized carbons (Fsp3) is 0.308. The largest absolute Gasteiger partial charge is 0.491 e. The van der Waals surface area contributed by atoms with Crippen LogP contribution in [0.4, 0.5) is 5.69 Å². The van der Waals surface area contributed by atoms with Gasteiger partial charge < -0.3 is 10.5 Å². The first-order chi connectivity index (χ1) is 8.25. The quantitative estimate of drug-likeness (QED) is 0.634. The lowest BCUT2D eigenvalue weighted by Crippen LogP contribution is -2.06. The van der Waals surface area contributed by atoms with Gasteiger partial charge in [-0.2, -0.15) is 5.10 Å². The summed E-state index contributed by atoms with van der Waals surface area (Å²) in [6.45, 7) is 3.49. The van der Waals surface area contributed by atoms with Crippen molar-refractivity contribution in [2.75, 3.05) is 12.3 Å². The van der Waals surface area contributed by atoms with Crippen molar-refractivity contribution in [2.45, 2.75) is 19.9 Å². The van der Waals surface area contributed by atoms with E-state index in [1.54, 1.807) is 0 Å². The first-order valence-corrected chi connectivity index (χ1v) is 5.73. The minimum absolute atomic E-state index is 0.646. The zero-order valence-corrected chi connectivity index (χ0v) is 9.97. The van der Waals surface area contributed by atoms with Gasteiger partial charge in [0.15, 0.2) is 0 Å². The summed E-state index contributed by atoms with van der Waals surface area (Å²) in [6, 6.07) is 9.53. The Bertz CT molecular complexity index is 479. The molecule has 0 aliphatic rings. The summed E-state index contributed by atoms with van der Waals surface area (Å²) in [4.78, 5) is 0. The van der Waals surface area contributed by atoms with Gasteiger partial charge in [0.05, 0.1) is 18.0 Å². The van der Waals surface area contributed by atoms with Crippen LogP contribution in [0.3, 0.4) is 0 Å². The number of nitrogens with zero attached hydrogens (tertiary/aromatic N) is 2. The monoisotopic (exact) mass is 231 g/mol. The van der Waals surface area contributed by atoms with E-state index in [2.05, 4.69) is 5.10 Å². The maximum absolute atomic E-state index is 5.77. The summed E-state index contributed by atoms with van der Waals surface area (Å²) >= 11 is 0. The van der Waals surface area contributed by atoms with Crippen molar-refractivity contribution in [1.29, 1.82) is 0 Å². The van der Waals surface area contributed by atoms with Crippen LogP contribution < -0.4 is 10.5 Å². The van der Waals surface area contributed by atoms with Gasteiger partial charge in [0.2, 0.25) is 0 Å². The number of nitrogen functional groups attached to an aromatic ring is 1. The lowest BCUT2D eigenvalue weighted by Gasteiger charge is -2.08. The Balaban J connectivity index is 1.75. The van der Waals surface area contributed by atoms with Gasteiger partial charge in [0.25, 0.3) is 0 Å². The first-order valence-electron chi connectivity index (χ1n) is 5.73. The molecule has 4 nitrogen and oxygen atoms in total. The molecule has 2 aromatic rings. The molecular weight excluding hydrogens is 214 g/mol. The average molecular weight is 231 g/mol. The summed E-state index contributed by atoms with van der Waals surface area (Å²) in [7, 11) is 0. The van der Waals surface area contributed by atoms with E-state index in [0.717, 1.165) is 24.4 Å². The van der Waals surface area contributed by atoms with Crippen molar-refractivity contribution in [3.05, 3.63) is 42.2 Å². The van der Waals surface area contributed by atoms with Crippen LogP contribution in [0, 0.1) is 6.92 Å². The smallest absolute Gasteiger partial charge is 0.142 e. The number of rotatable bonds is 5. The van der Waals surface area contributed by atoms with Crippen molar-refractivity contribution in [3.8, 4) is 5.75 Å². The second kappa shape index (κ2) is 5.39. The highest BCUT2D eigenvalue weighted by atomic mass is 16.5. The van der Waals surface area contributed by atoms with Crippen LogP contribution in [-0.4, -0.2) is 16.4 Å². The van der Waals surface area contributed by atoms with Crippen LogP contribution in [-0.2, 0) is 6.54 Å². The molecule has 1 heterocycles. The van der Waals surface area contributed by atoms with Crippen molar-refractivity contribution in [3.63, 3.8) is 0 Å². The average Bonchev–Trinajstić information content (AvgIpc) is 2.73. The fourth-order valence-electron chi connectivity index (χ4n) is 1.61. The van der Waals surface area contributed by atoms with Gasteiger partial charge >= 0.3 is 0 Å². The fourth-order valence-corrected chi connectivity index (χ4v) is 1.61. The molecule has 0 amide bonds. The highest BCUT2D eigenvalue weighted by Crippen LogP contribution is 2.19. The standard InChI is InChI=1S/C13H17N3O/c1-11-7-9-16(15-11)8-4-10-17-13-6-3-2-5-12(13)14/h2-3,5-7,9H,4,8,10,14H2,1H3. The molecule has 90 valence electrons. The minimum Gasteiger partial charge on any atom is -0.491 e. The Hall–Kier alpha value is -1.97. The molecule has 0 atom stereocenters. The zero-order valence-electron chi connectivity index (χ0n) is 9.97. The van der Waals surface area contributed by atoms with Gasteiger partial charge in [-0.25, -0.2) is 0 Å². The lowest BCUT2D eigenvalue weighted by atomic mass is 10.3. The van der Waals surface area contributed by atoms with Gasteiger partial charge in [-0.15, -0.1) is 0 Å². The van der Waals surface area contributed by atoms with Crippen LogP contribution in [0.25, 0.3) is 0 Å². The molecule has 0 unspecified atom stereocenters. The highest BCUT2D eigenvalue weighted by Gasteiger charge is 1.98. The maximum Gasteiger partial charge on any atom is 0.142 e. The van der Waals surface area contributed by atoms with E-state index in [-0.39, 0.29) is 0 Å². The first kappa shape index (κ1) is 11.5. The molecule has 0 bridgehead atoms. The van der Waals surface area contributed by atoms with Crippen LogP contribution >= 0.6 is 0 Å². The van der Waals surface area contributed by atoms with Crippen LogP contribution in [0.5, 0.6) is 5.75 Å². The predicted molar refractivity (Wildman–Crippen MR) is 67.9 cm³/mol. The number of para-hydroxylation sites is 2. The molecule has 0 aliphatic heterocycles. The topological polar surface area (TPSA) is 53.1 Å². The predicted octanol–water partition coefficient (Wildman–Crippen LogP) is 2.24. The molecule has 0 radical (unpaired) electrons. The third kappa shape index (κ3) is 3.24. The molecule has 1 aromatic heterocycles. The second-order valence-corrected chi connectivity index (χ2v) is 3.96. The number of benzene rings is 1. The number of aryl methyl sites for hydroxylation is 2. The van der Waals surface area contributed by atoms with Crippen LogP contribution in [0.1, 0.15) is 12.1 Å². The lowest BCUT2D eigenvalue weighted by molar-refractivity contribution is 0.300. The van der Waals surface area contributed by atoms with Gasteiger partial charge in [-0.05, 0) is 25.1 Å². The summed E-state index contributed by atoms with van der Waals surface area (Å²) in [6.07, 6.45) is 2.89. The number of aromatic nitrogens is 2. The highest BCUT2D eigenvalue weighted by molar-refractivity contribution is 5.51. The zero-order chi connectivity index (χ0) is 12.1. The molecule has 0 saturated heterocycles. The van der Waals surface area contributed by atoms with E-state index in [1.165, 1.54) is 0 Å². The normalized spacial score (nSPS) is 10.4. The molecule has 1 aromatic carbocycles. The molecule has 17 heavy (non-hydrogen) atoms. The Morgan fingerprint density at radius 1 is 1.29 bits per heavy atom. The molecule has 2 N–H and O–H groups in total. The molecule has 0 spiro atoms. The molecular formula is C13H17N3O. The SMILES string of the molecule is Cc1ccn(CCCOc2ccccc2N)n1. The van der Waals surface area contributed by atoms with Gasteiger partial charge in [0, 0.05) is 19.2 Å². The Labute approximate surface area is 101 Å². The van der Waals surface area contributed by atoms with Gasteiger partial charge in [-0.1, -0.05) is 12.1 Å². The maximum atomic E-state index is 5.77. The number of nitrogens with two attached hydrogens (primary N) is 1. The van der Waals surface area contributed by atoms with E-state index in [4.69, 9.17) is 10.5 Å². The van der Waals surface area contributed by atoms with Gasteiger partial charge in [-0.3, -0.25) is 4.68 Å². The third-order valence-corrected chi connectivity index (χ3v) is 2.48. The van der Waals surface area contributed by atoms with Crippen molar-refractivity contribution in [1.82, 2.24) is 9.78 Å². The molecule has 2 rings (SSSR count). The third-order valence-electron chi connectivity index (χ3n) is 2.48. The van der Waals surface area contributed by atoms with Gasteiger partial charge in [0.1, 0.15) is 5.75 Å². The Morgan fingerprint density at radius 2 is 2.12 bits per heavy atom. The van der Waals surface area contributed by atoms with Crippen LogP contribution in [0.2, 0.25) is 0 Å². The number of hydrogen-bond donors (Lipinski definition) is 1. The van der Waals surface area contributed by atoms with Crippen molar-refractivity contribution >= 4 is 5.69 Å². The molecule has 0 saturated carbocycles. The van der Waals surface area contributed by atoms with Crippen molar-refractivity contribution < 1.29 is 4.74 Å². The van der Waals surface area contributed by atoms with E-state index in [0.29, 0.717) is 12.3 Å². The molecule has 0 fully saturated rings. The second-order valence-electron chi connectivity index (χ2n) is 3.96. The minimum atomic E-state index is 0.646. The Morgan fingerprint density at radius 3 is 2.82 bits per heavy atom. The number of anilines is 1. The molecule has 4 heteroatoms. The van der Waals surface area contributed by atoms with Crippen molar-refractivity contribution in [2.24, 2.45) is 0 Å². The summed E-state index contributed by atoms with van der Waals surface area (Å²) < 4.78 is 7.52. The van der Waals surface area contributed by atoms with E-state index in [9.17, 15) is 0 Å². The van der Waals surface area contributed by atoms with Crippen LogP contribution in [0.15, 0.2) is 36.5 Å². The van der Waals surface area contributed by atoms with E-state index >= 15 is 0 Å². The summed E-state index contributed by atoms with van der Waals surface area (Å²) in [5, 5.41) is 4.31. The summed E-state index contributed by atoms with van der Waals surface area (Å²) in [5.74, 6) is 0.754.